The molecule has 2 rings (SSSR count). The Bertz CT molecular complexity index is 459. The maximum absolute atomic E-state index is 6.00. The van der Waals surface area contributed by atoms with Crippen molar-refractivity contribution in [3.8, 4) is 0 Å². The van der Waals surface area contributed by atoms with Crippen LogP contribution in [0, 0.1) is 0 Å². The zero-order valence-corrected chi connectivity index (χ0v) is 12.2. The number of hydrogen-bond donors (Lipinski definition) is 1. The van der Waals surface area contributed by atoms with Gasteiger partial charge in [0.2, 0.25) is 0 Å². The fourth-order valence-electron chi connectivity index (χ4n) is 2.12. The summed E-state index contributed by atoms with van der Waals surface area (Å²) in [6, 6.07) is 6.51. The number of halogens is 2. The summed E-state index contributed by atoms with van der Waals surface area (Å²) < 4.78 is 0.908. The van der Waals surface area contributed by atoms with Crippen LogP contribution in [0.3, 0.4) is 0 Å². The van der Waals surface area contributed by atoms with E-state index in [1.165, 1.54) is 5.56 Å². The van der Waals surface area contributed by atoms with Crippen LogP contribution in [0.25, 0.3) is 0 Å². The molecular formula is C12H15BrClN3. The van der Waals surface area contributed by atoms with Crippen molar-refractivity contribution in [3.63, 3.8) is 0 Å². The highest BCUT2D eigenvalue weighted by atomic mass is 79.9. The second-order valence-corrected chi connectivity index (χ2v) is 5.65. The van der Waals surface area contributed by atoms with Gasteiger partial charge in [0.1, 0.15) is 0 Å². The topological polar surface area (TPSA) is 41.6 Å². The van der Waals surface area contributed by atoms with E-state index in [2.05, 4.69) is 39.7 Å². The SMILES string of the molecule is CC(C)N1C(N)=NCC1c1ccc(Cl)c(Br)c1. The van der Waals surface area contributed by atoms with E-state index in [4.69, 9.17) is 17.3 Å². The molecule has 0 spiro atoms. The number of rotatable bonds is 2. The van der Waals surface area contributed by atoms with E-state index >= 15 is 0 Å². The zero-order chi connectivity index (χ0) is 12.6. The van der Waals surface area contributed by atoms with Crippen molar-refractivity contribution >= 4 is 33.5 Å². The van der Waals surface area contributed by atoms with Crippen molar-refractivity contribution in [2.45, 2.75) is 25.9 Å². The average molecular weight is 317 g/mol. The fourth-order valence-corrected chi connectivity index (χ4v) is 2.63. The summed E-state index contributed by atoms with van der Waals surface area (Å²) in [5, 5.41) is 0.719. The number of benzene rings is 1. The molecule has 17 heavy (non-hydrogen) atoms. The molecule has 1 aliphatic rings. The molecule has 92 valence electrons. The van der Waals surface area contributed by atoms with Gasteiger partial charge in [-0.2, -0.15) is 0 Å². The van der Waals surface area contributed by atoms with E-state index < -0.39 is 0 Å². The molecule has 0 saturated heterocycles. The number of nitrogens with two attached hydrogens (primary N) is 1. The molecule has 0 fully saturated rings. The molecule has 0 aromatic heterocycles. The maximum atomic E-state index is 6.00. The number of guanidine groups is 1. The van der Waals surface area contributed by atoms with E-state index in [9.17, 15) is 0 Å². The lowest BCUT2D eigenvalue weighted by molar-refractivity contribution is 0.290. The number of aliphatic imine (C=N–C) groups is 1. The molecule has 0 amide bonds. The molecule has 0 aliphatic carbocycles. The van der Waals surface area contributed by atoms with Crippen LogP contribution in [0.2, 0.25) is 5.02 Å². The van der Waals surface area contributed by atoms with E-state index in [1.54, 1.807) is 0 Å². The summed E-state index contributed by atoms with van der Waals surface area (Å²) in [5.74, 6) is 0.621. The maximum Gasteiger partial charge on any atom is 0.192 e. The third-order valence-electron chi connectivity index (χ3n) is 2.91. The average Bonchev–Trinajstić information content (AvgIpc) is 2.64. The molecule has 1 aromatic carbocycles. The van der Waals surface area contributed by atoms with Gasteiger partial charge in [0, 0.05) is 10.5 Å². The minimum Gasteiger partial charge on any atom is -0.370 e. The van der Waals surface area contributed by atoms with Gasteiger partial charge in [0.25, 0.3) is 0 Å². The van der Waals surface area contributed by atoms with Gasteiger partial charge in [0.15, 0.2) is 5.96 Å². The normalized spacial score (nSPS) is 19.9. The van der Waals surface area contributed by atoms with Crippen molar-refractivity contribution in [1.82, 2.24) is 4.90 Å². The molecule has 0 saturated carbocycles. The molecule has 1 aromatic rings. The summed E-state index contributed by atoms with van der Waals surface area (Å²) in [4.78, 5) is 6.46. The van der Waals surface area contributed by atoms with E-state index in [0.717, 1.165) is 9.50 Å². The Morgan fingerprint density at radius 3 is 2.82 bits per heavy atom. The van der Waals surface area contributed by atoms with Crippen molar-refractivity contribution in [1.29, 1.82) is 0 Å². The van der Waals surface area contributed by atoms with Crippen molar-refractivity contribution in [3.05, 3.63) is 33.3 Å². The highest BCUT2D eigenvalue weighted by Crippen LogP contribution is 2.31. The summed E-state index contributed by atoms with van der Waals surface area (Å²) in [5.41, 5.74) is 7.09. The van der Waals surface area contributed by atoms with Crippen LogP contribution in [0.15, 0.2) is 27.7 Å². The first-order chi connectivity index (χ1) is 8.00. The van der Waals surface area contributed by atoms with Gasteiger partial charge in [-0.3, -0.25) is 4.99 Å². The Morgan fingerprint density at radius 1 is 1.53 bits per heavy atom. The fraction of sp³-hybridized carbons (Fsp3) is 0.417. The highest BCUT2D eigenvalue weighted by Gasteiger charge is 2.29. The lowest BCUT2D eigenvalue weighted by Crippen LogP contribution is -2.40. The van der Waals surface area contributed by atoms with Gasteiger partial charge in [-0.15, -0.1) is 0 Å². The van der Waals surface area contributed by atoms with E-state index in [1.807, 2.05) is 18.2 Å². The third kappa shape index (κ3) is 2.43. The first kappa shape index (κ1) is 12.7. The molecule has 2 N–H and O–H groups in total. The molecule has 5 heteroatoms. The molecule has 0 radical (unpaired) electrons. The standard InChI is InChI=1S/C12H15BrClN3/c1-7(2)17-11(6-16-12(17)15)8-3-4-10(14)9(13)5-8/h3-5,7,11H,6H2,1-2H3,(H2,15,16). The Labute approximate surface area is 115 Å². The van der Waals surface area contributed by atoms with Crippen LogP contribution >= 0.6 is 27.5 Å². The Morgan fingerprint density at radius 2 is 2.24 bits per heavy atom. The Hall–Kier alpha value is -0.740. The minimum absolute atomic E-state index is 0.212. The van der Waals surface area contributed by atoms with Gasteiger partial charge in [-0.05, 0) is 47.5 Å². The highest BCUT2D eigenvalue weighted by molar-refractivity contribution is 9.10. The molecule has 3 nitrogen and oxygen atoms in total. The van der Waals surface area contributed by atoms with Crippen molar-refractivity contribution < 1.29 is 0 Å². The van der Waals surface area contributed by atoms with Crippen LogP contribution in [0.1, 0.15) is 25.5 Å². The van der Waals surface area contributed by atoms with Gasteiger partial charge in [-0.1, -0.05) is 17.7 Å². The Balaban J connectivity index is 2.31. The molecular weight excluding hydrogens is 302 g/mol. The summed E-state index contributed by atoms with van der Waals surface area (Å²) >= 11 is 9.45. The Kier molecular flexibility index (Phi) is 3.64. The summed E-state index contributed by atoms with van der Waals surface area (Å²) in [6.45, 7) is 4.94. The minimum atomic E-state index is 0.212. The molecule has 1 aliphatic heterocycles. The largest absolute Gasteiger partial charge is 0.370 e. The first-order valence-corrected chi connectivity index (χ1v) is 6.71. The number of hydrogen-bond acceptors (Lipinski definition) is 3. The van der Waals surface area contributed by atoms with Gasteiger partial charge >= 0.3 is 0 Å². The molecule has 1 unspecified atom stereocenters. The third-order valence-corrected chi connectivity index (χ3v) is 4.13. The van der Waals surface area contributed by atoms with Gasteiger partial charge in [0.05, 0.1) is 17.6 Å². The first-order valence-electron chi connectivity index (χ1n) is 5.54. The van der Waals surface area contributed by atoms with Crippen LogP contribution in [0.4, 0.5) is 0 Å². The second kappa shape index (κ2) is 4.86. The summed E-state index contributed by atoms with van der Waals surface area (Å²) in [7, 11) is 0. The van der Waals surface area contributed by atoms with Crippen LogP contribution in [0.5, 0.6) is 0 Å². The molecule has 0 bridgehead atoms. The van der Waals surface area contributed by atoms with Crippen LogP contribution in [-0.4, -0.2) is 23.4 Å². The van der Waals surface area contributed by atoms with E-state index in [-0.39, 0.29) is 6.04 Å². The predicted octanol–water partition coefficient (Wildman–Crippen LogP) is 3.18. The van der Waals surface area contributed by atoms with Gasteiger partial charge in [-0.25, -0.2) is 0 Å². The summed E-state index contributed by atoms with van der Waals surface area (Å²) in [6.07, 6.45) is 0. The van der Waals surface area contributed by atoms with Crippen molar-refractivity contribution in [2.75, 3.05) is 6.54 Å². The lowest BCUT2D eigenvalue weighted by atomic mass is 10.1. The predicted molar refractivity (Wildman–Crippen MR) is 75.4 cm³/mol. The zero-order valence-electron chi connectivity index (χ0n) is 9.82. The van der Waals surface area contributed by atoms with Gasteiger partial charge < -0.3 is 10.6 Å². The smallest absolute Gasteiger partial charge is 0.192 e. The number of nitrogens with zero attached hydrogens (tertiary/aromatic N) is 2. The quantitative estimate of drug-likeness (QED) is 0.910. The second-order valence-electron chi connectivity index (χ2n) is 4.39. The monoisotopic (exact) mass is 315 g/mol. The van der Waals surface area contributed by atoms with Crippen molar-refractivity contribution in [2.24, 2.45) is 10.7 Å². The van der Waals surface area contributed by atoms with E-state index in [0.29, 0.717) is 18.5 Å². The molecule has 1 heterocycles. The molecule has 1 atom stereocenters. The lowest BCUT2D eigenvalue weighted by Gasteiger charge is -2.30. The van der Waals surface area contributed by atoms with Crippen LogP contribution in [-0.2, 0) is 0 Å². The van der Waals surface area contributed by atoms with Crippen LogP contribution < -0.4 is 5.73 Å².